The summed E-state index contributed by atoms with van der Waals surface area (Å²) >= 11 is 0. The molecule has 0 saturated heterocycles. The van der Waals surface area contributed by atoms with Crippen molar-refractivity contribution in [2.24, 2.45) is 0 Å². The molecule has 0 atom stereocenters. The van der Waals surface area contributed by atoms with Crippen LogP contribution in [-0.4, -0.2) is 27.2 Å². The number of hydrogen-bond donors (Lipinski definition) is 1. The van der Waals surface area contributed by atoms with Crippen molar-refractivity contribution in [2.75, 3.05) is 26.6 Å². The number of carbonyl (C=O) groups is 1. The van der Waals surface area contributed by atoms with Crippen LogP contribution in [0.15, 0.2) is 36.4 Å². The molecule has 2 rings (SSSR count). The number of benzene rings is 2. The highest BCUT2D eigenvalue weighted by molar-refractivity contribution is 6.05. The minimum atomic E-state index is -0.247. The van der Waals surface area contributed by atoms with Gasteiger partial charge in [0.25, 0.3) is 5.91 Å². The second-order valence-corrected chi connectivity index (χ2v) is 4.73. The van der Waals surface area contributed by atoms with Crippen molar-refractivity contribution in [3.05, 3.63) is 47.5 Å². The van der Waals surface area contributed by atoms with E-state index in [2.05, 4.69) is 5.32 Å². The van der Waals surface area contributed by atoms with Crippen LogP contribution in [0.1, 0.15) is 15.9 Å². The Labute approximate surface area is 129 Å². The molecule has 0 unspecified atom stereocenters. The predicted molar refractivity (Wildman–Crippen MR) is 85.2 cm³/mol. The van der Waals surface area contributed by atoms with Crippen LogP contribution in [0.5, 0.6) is 17.2 Å². The Morgan fingerprint density at radius 2 is 1.45 bits per heavy atom. The lowest BCUT2D eigenvalue weighted by Crippen LogP contribution is -2.12. The first-order valence-corrected chi connectivity index (χ1v) is 6.77. The van der Waals surface area contributed by atoms with Crippen molar-refractivity contribution in [1.29, 1.82) is 0 Å². The van der Waals surface area contributed by atoms with Gasteiger partial charge in [0.15, 0.2) is 11.5 Å². The Bertz CT molecular complexity index is 640. The van der Waals surface area contributed by atoms with Crippen LogP contribution in [-0.2, 0) is 0 Å². The second-order valence-electron chi connectivity index (χ2n) is 4.73. The summed E-state index contributed by atoms with van der Waals surface area (Å²) in [6.45, 7) is 1.99. The van der Waals surface area contributed by atoms with E-state index < -0.39 is 0 Å². The van der Waals surface area contributed by atoms with Gasteiger partial charge >= 0.3 is 0 Å². The smallest absolute Gasteiger partial charge is 0.255 e. The number of carbonyl (C=O) groups excluding carboxylic acids is 1. The zero-order chi connectivity index (χ0) is 16.1. The molecular formula is C17H19NO4. The Morgan fingerprint density at radius 3 is 1.91 bits per heavy atom. The third-order valence-electron chi connectivity index (χ3n) is 3.24. The Hall–Kier alpha value is -2.69. The van der Waals surface area contributed by atoms with Crippen molar-refractivity contribution in [2.45, 2.75) is 6.92 Å². The van der Waals surface area contributed by atoms with Crippen molar-refractivity contribution in [3.63, 3.8) is 0 Å². The van der Waals surface area contributed by atoms with E-state index >= 15 is 0 Å². The van der Waals surface area contributed by atoms with E-state index in [0.717, 1.165) is 11.3 Å². The monoisotopic (exact) mass is 301 g/mol. The molecule has 0 aliphatic heterocycles. The highest BCUT2D eigenvalue weighted by Crippen LogP contribution is 2.38. The number of ether oxygens (including phenoxy) is 3. The van der Waals surface area contributed by atoms with Gasteiger partial charge in [-0.1, -0.05) is 17.7 Å². The normalized spacial score (nSPS) is 10.0. The van der Waals surface area contributed by atoms with Gasteiger partial charge in [0.05, 0.1) is 21.3 Å². The molecule has 0 spiro atoms. The minimum Gasteiger partial charge on any atom is -0.493 e. The Morgan fingerprint density at radius 1 is 0.909 bits per heavy atom. The van der Waals surface area contributed by atoms with E-state index in [1.54, 1.807) is 12.1 Å². The molecule has 2 aromatic rings. The topological polar surface area (TPSA) is 56.8 Å². The SMILES string of the molecule is COc1cc(C(=O)Nc2ccc(C)cc2)cc(OC)c1OC. The van der Waals surface area contributed by atoms with E-state index in [1.165, 1.54) is 21.3 Å². The van der Waals surface area contributed by atoms with Gasteiger partial charge < -0.3 is 19.5 Å². The van der Waals surface area contributed by atoms with Gasteiger partial charge in [-0.25, -0.2) is 0 Å². The summed E-state index contributed by atoms with van der Waals surface area (Å²) in [5.41, 5.74) is 2.28. The molecular weight excluding hydrogens is 282 g/mol. The maximum Gasteiger partial charge on any atom is 0.255 e. The van der Waals surface area contributed by atoms with Gasteiger partial charge in [-0.3, -0.25) is 4.79 Å². The molecule has 0 fully saturated rings. The maximum absolute atomic E-state index is 12.4. The van der Waals surface area contributed by atoms with Crippen LogP contribution in [0.25, 0.3) is 0 Å². The van der Waals surface area contributed by atoms with Gasteiger partial charge in [-0.2, -0.15) is 0 Å². The van der Waals surface area contributed by atoms with Gasteiger partial charge in [0, 0.05) is 11.3 Å². The van der Waals surface area contributed by atoms with Crippen LogP contribution in [0.4, 0.5) is 5.69 Å². The first-order chi connectivity index (χ1) is 10.6. The van der Waals surface area contributed by atoms with Crippen LogP contribution in [0.3, 0.4) is 0 Å². The highest BCUT2D eigenvalue weighted by Gasteiger charge is 2.17. The molecule has 0 aliphatic carbocycles. The van der Waals surface area contributed by atoms with Crippen molar-refractivity contribution >= 4 is 11.6 Å². The van der Waals surface area contributed by atoms with Gasteiger partial charge in [-0.15, -0.1) is 0 Å². The van der Waals surface area contributed by atoms with Gasteiger partial charge in [0.1, 0.15) is 0 Å². The van der Waals surface area contributed by atoms with E-state index in [0.29, 0.717) is 22.8 Å². The third-order valence-corrected chi connectivity index (χ3v) is 3.24. The molecule has 2 aromatic carbocycles. The fraction of sp³-hybridized carbons (Fsp3) is 0.235. The predicted octanol–water partition coefficient (Wildman–Crippen LogP) is 3.27. The number of amides is 1. The lowest BCUT2D eigenvalue weighted by Gasteiger charge is -2.14. The van der Waals surface area contributed by atoms with Crippen molar-refractivity contribution in [1.82, 2.24) is 0 Å². The zero-order valence-corrected chi connectivity index (χ0v) is 13.1. The van der Waals surface area contributed by atoms with Crippen LogP contribution in [0, 0.1) is 6.92 Å². The van der Waals surface area contributed by atoms with Crippen LogP contribution < -0.4 is 19.5 Å². The van der Waals surface area contributed by atoms with Crippen LogP contribution in [0.2, 0.25) is 0 Å². The van der Waals surface area contributed by atoms with Gasteiger partial charge in [-0.05, 0) is 31.2 Å². The first-order valence-electron chi connectivity index (χ1n) is 6.77. The molecule has 0 aliphatic rings. The largest absolute Gasteiger partial charge is 0.493 e. The molecule has 5 heteroatoms. The summed E-state index contributed by atoms with van der Waals surface area (Å²) in [6.07, 6.45) is 0. The number of methoxy groups -OCH3 is 3. The molecule has 5 nitrogen and oxygen atoms in total. The third kappa shape index (κ3) is 3.31. The maximum atomic E-state index is 12.4. The summed E-state index contributed by atoms with van der Waals surface area (Å²) in [4.78, 5) is 12.4. The lowest BCUT2D eigenvalue weighted by atomic mass is 10.1. The fourth-order valence-electron chi connectivity index (χ4n) is 2.05. The van der Waals surface area contributed by atoms with Crippen molar-refractivity contribution < 1.29 is 19.0 Å². The highest BCUT2D eigenvalue weighted by atomic mass is 16.5. The van der Waals surface area contributed by atoms with E-state index in [1.807, 2.05) is 31.2 Å². The van der Waals surface area contributed by atoms with E-state index in [-0.39, 0.29) is 5.91 Å². The molecule has 22 heavy (non-hydrogen) atoms. The molecule has 0 heterocycles. The van der Waals surface area contributed by atoms with E-state index in [9.17, 15) is 4.79 Å². The number of anilines is 1. The minimum absolute atomic E-state index is 0.247. The van der Waals surface area contributed by atoms with Gasteiger partial charge in [0.2, 0.25) is 5.75 Å². The Balaban J connectivity index is 2.31. The molecule has 1 N–H and O–H groups in total. The Kier molecular flexibility index (Phi) is 4.88. The average molecular weight is 301 g/mol. The molecule has 0 saturated carbocycles. The summed E-state index contributed by atoms with van der Waals surface area (Å²) in [6, 6.07) is 10.8. The lowest BCUT2D eigenvalue weighted by molar-refractivity contribution is 0.102. The summed E-state index contributed by atoms with van der Waals surface area (Å²) < 4.78 is 15.7. The zero-order valence-electron chi connectivity index (χ0n) is 13.1. The molecule has 0 radical (unpaired) electrons. The number of hydrogen-bond acceptors (Lipinski definition) is 4. The van der Waals surface area contributed by atoms with Crippen molar-refractivity contribution in [3.8, 4) is 17.2 Å². The second kappa shape index (κ2) is 6.85. The number of aryl methyl sites for hydroxylation is 1. The molecule has 116 valence electrons. The quantitative estimate of drug-likeness (QED) is 0.921. The first kappa shape index (κ1) is 15.7. The molecule has 1 amide bonds. The average Bonchev–Trinajstić information content (AvgIpc) is 2.55. The van der Waals surface area contributed by atoms with Crippen LogP contribution >= 0.6 is 0 Å². The summed E-state index contributed by atoms with van der Waals surface area (Å²) in [5, 5.41) is 2.83. The molecule has 0 bridgehead atoms. The number of nitrogens with one attached hydrogen (secondary N) is 1. The van der Waals surface area contributed by atoms with E-state index in [4.69, 9.17) is 14.2 Å². The summed E-state index contributed by atoms with van der Waals surface area (Å²) in [5.74, 6) is 1.09. The molecule has 0 aromatic heterocycles. The fourth-order valence-corrected chi connectivity index (χ4v) is 2.05. The number of rotatable bonds is 5. The standard InChI is InChI=1S/C17H19NO4/c1-11-5-7-13(8-6-11)18-17(19)12-9-14(20-2)16(22-4)15(10-12)21-3/h5-10H,1-4H3,(H,18,19). The summed E-state index contributed by atoms with van der Waals surface area (Å²) in [7, 11) is 4.55.